The number of benzene rings is 1. The molecule has 0 N–H and O–H groups in total. The predicted molar refractivity (Wildman–Crippen MR) is 111 cm³/mol. The molecule has 3 heterocycles. The lowest BCUT2D eigenvalue weighted by Crippen LogP contribution is -2.40. The number of carbonyl (C=O) groups excluding carboxylic acids is 2. The minimum absolute atomic E-state index is 0.217. The van der Waals surface area contributed by atoms with Gasteiger partial charge in [-0.3, -0.25) is 19.5 Å². The van der Waals surface area contributed by atoms with E-state index in [9.17, 15) is 9.59 Å². The molecular formula is C23H25N3O4. The number of rotatable bonds is 7. The largest absolute Gasteiger partial charge is 0.494 e. The fraction of sp³-hybridized carbons (Fsp3) is 0.348. The van der Waals surface area contributed by atoms with Crippen molar-refractivity contribution in [2.75, 3.05) is 32.9 Å². The Morgan fingerprint density at radius 1 is 1.00 bits per heavy atom. The van der Waals surface area contributed by atoms with Gasteiger partial charge >= 0.3 is 0 Å². The standard InChI is InChI=1S/C23H25N3O4/c1-2-13-30-19-5-3-18(4-6-19)20-21(25-11-14-29-15-12-25)23(28)26(22(20)27)16-17-7-9-24-10-8-17/h3-10H,2,11-16H2,1H3. The summed E-state index contributed by atoms with van der Waals surface area (Å²) in [5.41, 5.74) is 2.48. The smallest absolute Gasteiger partial charge is 0.278 e. The Kier molecular flexibility index (Phi) is 6.09. The summed E-state index contributed by atoms with van der Waals surface area (Å²) >= 11 is 0. The van der Waals surface area contributed by atoms with Crippen LogP contribution in [-0.4, -0.2) is 59.5 Å². The monoisotopic (exact) mass is 407 g/mol. The molecule has 7 nitrogen and oxygen atoms in total. The van der Waals surface area contributed by atoms with Crippen LogP contribution in [0.2, 0.25) is 0 Å². The van der Waals surface area contributed by atoms with E-state index < -0.39 is 0 Å². The molecule has 0 unspecified atom stereocenters. The number of aromatic nitrogens is 1. The van der Waals surface area contributed by atoms with Crippen molar-refractivity contribution < 1.29 is 19.1 Å². The van der Waals surface area contributed by atoms with E-state index in [1.807, 2.05) is 48.2 Å². The quantitative estimate of drug-likeness (QED) is 0.657. The molecule has 0 spiro atoms. The number of carbonyl (C=O) groups is 2. The van der Waals surface area contributed by atoms with Crippen LogP contribution in [0.1, 0.15) is 24.5 Å². The van der Waals surface area contributed by atoms with Gasteiger partial charge in [0.05, 0.1) is 31.9 Å². The topological polar surface area (TPSA) is 72.0 Å². The highest BCUT2D eigenvalue weighted by atomic mass is 16.5. The third-order valence-corrected chi connectivity index (χ3v) is 5.18. The third-order valence-electron chi connectivity index (χ3n) is 5.18. The average Bonchev–Trinajstić information content (AvgIpc) is 3.04. The van der Waals surface area contributed by atoms with Crippen LogP contribution in [0.4, 0.5) is 0 Å². The van der Waals surface area contributed by atoms with Gasteiger partial charge in [-0.2, -0.15) is 0 Å². The number of nitrogens with zero attached hydrogens (tertiary/aromatic N) is 3. The molecule has 1 saturated heterocycles. The third kappa shape index (κ3) is 4.07. The Labute approximate surface area is 175 Å². The second-order valence-electron chi connectivity index (χ2n) is 7.25. The van der Waals surface area contributed by atoms with Crippen molar-refractivity contribution >= 4 is 17.4 Å². The van der Waals surface area contributed by atoms with E-state index in [4.69, 9.17) is 9.47 Å². The summed E-state index contributed by atoms with van der Waals surface area (Å²) in [6, 6.07) is 11.0. The average molecular weight is 407 g/mol. The molecule has 2 aliphatic heterocycles. The SMILES string of the molecule is CCCOc1ccc(C2=C(N3CCOCC3)C(=O)N(Cc3ccncc3)C2=O)cc1. The highest BCUT2D eigenvalue weighted by Gasteiger charge is 2.41. The van der Waals surface area contributed by atoms with Crippen LogP contribution < -0.4 is 4.74 Å². The molecule has 0 aliphatic carbocycles. The van der Waals surface area contributed by atoms with Crippen molar-refractivity contribution in [3.05, 3.63) is 65.6 Å². The molecule has 0 saturated carbocycles. The van der Waals surface area contributed by atoms with E-state index in [-0.39, 0.29) is 18.4 Å². The summed E-state index contributed by atoms with van der Waals surface area (Å²) < 4.78 is 11.1. The molecule has 2 aliphatic rings. The molecule has 2 amide bonds. The Hall–Kier alpha value is -3.19. The van der Waals surface area contributed by atoms with Crippen LogP contribution >= 0.6 is 0 Å². The first-order valence-electron chi connectivity index (χ1n) is 10.2. The maximum atomic E-state index is 13.4. The van der Waals surface area contributed by atoms with Crippen LogP contribution in [0.15, 0.2) is 54.5 Å². The normalized spacial score (nSPS) is 17.1. The molecule has 4 rings (SSSR count). The molecule has 0 atom stereocenters. The Balaban J connectivity index is 1.67. The zero-order valence-corrected chi connectivity index (χ0v) is 17.0. The number of amides is 2. The fourth-order valence-electron chi connectivity index (χ4n) is 3.66. The molecule has 7 heteroatoms. The second kappa shape index (κ2) is 9.09. The maximum absolute atomic E-state index is 13.4. The minimum Gasteiger partial charge on any atom is -0.494 e. The van der Waals surface area contributed by atoms with Crippen molar-refractivity contribution in [1.82, 2.24) is 14.8 Å². The predicted octanol–water partition coefficient (Wildman–Crippen LogP) is 2.48. The van der Waals surface area contributed by atoms with Gasteiger partial charge < -0.3 is 14.4 Å². The van der Waals surface area contributed by atoms with E-state index in [0.29, 0.717) is 44.2 Å². The number of hydrogen-bond donors (Lipinski definition) is 0. The van der Waals surface area contributed by atoms with E-state index in [2.05, 4.69) is 4.98 Å². The molecular weight excluding hydrogens is 382 g/mol. The van der Waals surface area contributed by atoms with Gasteiger partial charge in [0, 0.05) is 25.5 Å². The molecule has 1 aromatic carbocycles. The zero-order valence-electron chi connectivity index (χ0n) is 17.0. The van der Waals surface area contributed by atoms with Crippen molar-refractivity contribution in [1.29, 1.82) is 0 Å². The molecule has 1 fully saturated rings. The Bertz CT molecular complexity index is 935. The van der Waals surface area contributed by atoms with Gasteiger partial charge in [-0.1, -0.05) is 19.1 Å². The first kappa shape index (κ1) is 20.1. The molecule has 0 bridgehead atoms. The highest BCUT2D eigenvalue weighted by Crippen LogP contribution is 2.33. The molecule has 30 heavy (non-hydrogen) atoms. The van der Waals surface area contributed by atoms with Crippen LogP contribution in [0.3, 0.4) is 0 Å². The van der Waals surface area contributed by atoms with Crippen molar-refractivity contribution in [3.63, 3.8) is 0 Å². The van der Waals surface area contributed by atoms with Gasteiger partial charge in [0.15, 0.2) is 0 Å². The van der Waals surface area contributed by atoms with E-state index in [1.54, 1.807) is 12.4 Å². The van der Waals surface area contributed by atoms with Crippen LogP contribution in [-0.2, 0) is 20.9 Å². The number of pyridine rings is 1. The molecule has 1 aromatic heterocycles. The zero-order chi connectivity index (χ0) is 20.9. The van der Waals surface area contributed by atoms with Gasteiger partial charge in [-0.15, -0.1) is 0 Å². The summed E-state index contributed by atoms with van der Waals surface area (Å²) in [6.45, 7) is 5.14. The van der Waals surface area contributed by atoms with Crippen LogP contribution in [0.5, 0.6) is 5.75 Å². The van der Waals surface area contributed by atoms with Gasteiger partial charge in [-0.05, 0) is 41.8 Å². The van der Waals surface area contributed by atoms with Gasteiger partial charge in [0.2, 0.25) is 0 Å². The summed E-state index contributed by atoms with van der Waals surface area (Å²) in [5.74, 6) is 0.208. The summed E-state index contributed by atoms with van der Waals surface area (Å²) in [7, 11) is 0. The van der Waals surface area contributed by atoms with Crippen LogP contribution in [0, 0.1) is 0 Å². The minimum atomic E-state index is -0.277. The van der Waals surface area contributed by atoms with Crippen molar-refractivity contribution in [3.8, 4) is 5.75 Å². The van der Waals surface area contributed by atoms with E-state index in [0.717, 1.165) is 23.3 Å². The maximum Gasteiger partial charge on any atom is 0.278 e. The van der Waals surface area contributed by atoms with Gasteiger partial charge in [-0.25, -0.2) is 0 Å². The Morgan fingerprint density at radius 2 is 1.70 bits per heavy atom. The molecule has 0 radical (unpaired) electrons. The van der Waals surface area contributed by atoms with Crippen molar-refractivity contribution in [2.45, 2.75) is 19.9 Å². The summed E-state index contributed by atoms with van der Waals surface area (Å²) in [6.07, 6.45) is 4.24. The van der Waals surface area contributed by atoms with Gasteiger partial charge in [0.25, 0.3) is 11.8 Å². The first-order chi connectivity index (χ1) is 14.7. The first-order valence-corrected chi connectivity index (χ1v) is 10.2. The van der Waals surface area contributed by atoms with E-state index >= 15 is 0 Å². The second-order valence-corrected chi connectivity index (χ2v) is 7.25. The number of imide groups is 1. The number of hydrogen-bond acceptors (Lipinski definition) is 6. The lowest BCUT2D eigenvalue weighted by molar-refractivity contribution is -0.138. The van der Waals surface area contributed by atoms with Crippen molar-refractivity contribution in [2.24, 2.45) is 0 Å². The van der Waals surface area contributed by atoms with Gasteiger partial charge in [0.1, 0.15) is 11.4 Å². The lowest BCUT2D eigenvalue weighted by atomic mass is 10.0. The lowest BCUT2D eigenvalue weighted by Gasteiger charge is -2.29. The Morgan fingerprint density at radius 3 is 2.37 bits per heavy atom. The summed E-state index contributed by atoms with van der Waals surface area (Å²) in [4.78, 5) is 34.0. The molecule has 156 valence electrons. The number of morpholine rings is 1. The van der Waals surface area contributed by atoms with Crippen LogP contribution in [0.25, 0.3) is 5.57 Å². The summed E-state index contributed by atoms with van der Waals surface area (Å²) in [5, 5.41) is 0. The van der Waals surface area contributed by atoms with E-state index in [1.165, 1.54) is 4.90 Å². The highest BCUT2D eigenvalue weighted by molar-refractivity contribution is 6.35. The fourth-order valence-corrected chi connectivity index (χ4v) is 3.66. The number of ether oxygens (including phenoxy) is 2. The molecule has 2 aromatic rings.